The van der Waals surface area contributed by atoms with Gasteiger partial charge < -0.3 is 19.4 Å². The lowest BCUT2D eigenvalue weighted by molar-refractivity contribution is -0.0263. The minimum Gasteiger partial charge on any atom is -0.378 e. The zero-order chi connectivity index (χ0) is 35.3. The normalized spacial score (nSPS) is 23.2. The molecule has 3 aliphatic rings. The van der Waals surface area contributed by atoms with Gasteiger partial charge in [-0.3, -0.25) is 9.80 Å². The molecule has 0 amide bonds. The zero-order valence-electron chi connectivity index (χ0n) is 32.5. The third kappa shape index (κ3) is 8.73. The fourth-order valence-corrected chi connectivity index (χ4v) is 9.27. The second-order valence-corrected chi connectivity index (χ2v) is 17.1. The Kier molecular flexibility index (Phi) is 12.7. The number of ether oxygens (including phenoxy) is 1. The molecule has 0 saturated carbocycles. The molecule has 0 aliphatic carbocycles. The van der Waals surface area contributed by atoms with Crippen LogP contribution in [0.2, 0.25) is 0 Å². The number of nitrogens with zero attached hydrogens (tertiary/aromatic N) is 8. The molecule has 0 radical (unpaired) electrons. The fourth-order valence-electron chi connectivity index (χ4n) is 9.27. The van der Waals surface area contributed by atoms with Crippen molar-refractivity contribution in [1.29, 1.82) is 0 Å². The Labute approximate surface area is 294 Å². The Morgan fingerprint density at radius 1 is 0.667 bits per heavy atom. The largest absolute Gasteiger partial charge is 0.378 e. The quantitative estimate of drug-likeness (QED) is 0.179. The molecule has 0 aromatic carbocycles. The van der Waals surface area contributed by atoms with Crippen LogP contribution in [-0.2, 0) is 4.74 Å². The summed E-state index contributed by atoms with van der Waals surface area (Å²) in [5.74, 6) is 2.48. The van der Waals surface area contributed by atoms with E-state index < -0.39 is 0 Å². The summed E-state index contributed by atoms with van der Waals surface area (Å²) in [5.41, 5.74) is 0.0465. The van der Waals surface area contributed by atoms with Gasteiger partial charge in [0.15, 0.2) is 0 Å². The number of hydrogen-bond acceptors (Lipinski definition) is 9. The molecule has 3 fully saturated rings. The summed E-state index contributed by atoms with van der Waals surface area (Å²) in [6.45, 7) is 38.6. The molecule has 0 spiro atoms. The molecular formula is C39H70N8O. The van der Waals surface area contributed by atoms with Crippen molar-refractivity contribution in [2.45, 2.75) is 155 Å². The first-order valence-electron chi connectivity index (χ1n) is 19.0. The second kappa shape index (κ2) is 15.8. The van der Waals surface area contributed by atoms with E-state index in [9.17, 15) is 0 Å². The lowest BCUT2D eigenvalue weighted by Gasteiger charge is -2.57. The average molecular weight is 667 g/mol. The van der Waals surface area contributed by atoms with Crippen molar-refractivity contribution in [2.75, 3.05) is 67.2 Å². The summed E-state index contributed by atoms with van der Waals surface area (Å²) in [5, 5.41) is 0. The standard InChI is InChI=1S/C39H70N8O/c1-13-17-21-44(31-27-36(5,6)46(19-15-3)37(7,8)28-31)34-40-33(43-23-25-48-26-24-43)41-35(42-34)45(22-18-14-2)32-29-38(9,10)47(20-16-4)39(11,12)30-32/h15-16,31-32H,3-4,13-14,17-30H2,1-2,5-12H3. The summed E-state index contributed by atoms with van der Waals surface area (Å²) in [7, 11) is 0. The predicted molar refractivity (Wildman–Crippen MR) is 204 cm³/mol. The Bertz CT molecular complexity index is 1090. The number of unbranched alkanes of at least 4 members (excludes halogenated alkanes) is 2. The Balaban J connectivity index is 1.83. The number of aromatic nitrogens is 3. The molecular weight excluding hydrogens is 596 g/mol. The molecule has 3 aliphatic heterocycles. The van der Waals surface area contributed by atoms with Crippen LogP contribution in [0.25, 0.3) is 0 Å². The maximum absolute atomic E-state index is 5.77. The van der Waals surface area contributed by atoms with Crippen molar-refractivity contribution in [3.05, 3.63) is 25.3 Å². The van der Waals surface area contributed by atoms with Crippen molar-refractivity contribution in [1.82, 2.24) is 24.8 Å². The van der Waals surface area contributed by atoms with E-state index in [1.165, 1.54) is 0 Å². The number of morpholine rings is 1. The summed E-state index contributed by atoms with van der Waals surface area (Å²) >= 11 is 0. The molecule has 3 saturated heterocycles. The molecule has 1 aromatic rings. The summed E-state index contributed by atoms with van der Waals surface area (Å²) < 4.78 is 5.77. The predicted octanol–water partition coefficient (Wildman–Crippen LogP) is 7.34. The van der Waals surface area contributed by atoms with Crippen molar-refractivity contribution in [3.8, 4) is 0 Å². The monoisotopic (exact) mass is 667 g/mol. The third-order valence-corrected chi connectivity index (χ3v) is 11.3. The van der Waals surface area contributed by atoms with Gasteiger partial charge >= 0.3 is 0 Å². The topological polar surface area (TPSA) is 64.1 Å². The summed E-state index contributed by atoms with van der Waals surface area (Å²) in [4.78, 5) is 28.9. The van der Waals surface area contributed by atoms with E-state index in [1.54, 1.807) is 0 Å². The van der Waals surface area contributed by atoms with Crippen molar-refractivity contribution >= 4 is 17.8 Å². The first kappa shape index (κ1) is 38.6. The van der Waals surface area contributed by atoms with E-state index >= 15 is 0 Å². The van der Waals surface area contributed by atoms with Crippen LogP contribution >= 0.6 is 0 Å². The smallest absolute Gasteiger partial charge is 0.232 e. The molecule has 0 atom stereocenters. The van der Waals surface area contributed by atoms with Gasteiger partial charge in [0.05, 0.1) is 13.2 Å². The highest BCUT2D eigenvalue weighted by Gasteiger charge is 2.48. The number of anilines is 3. The van der Waals surface area contributed by atoms with Gasteiger partial charge in [-0.15, -0.1) is 13.2 Å². The SMILES string of the molecule is C=CCN1C(C)(C)CC(N(CCCC)c2nc(N3CCOCC3)nc(N(CCCC)C3CC(C)(C)N(CC=C)C(C)(C)C3)n2)CC1(C)C. The average Bonchev–Trinajstić information content (AvgIpc) is 3.01. The molecule has 0 bridgehead atoms. The van der Waals surface area contributed by atoms with Gasteiger partial charge in [0.25, 0.3) is 0 Å². The van der Waals surface area contributed by atoms with E-state index in [0.29, 0.717) is 25.3 Å². The minimum atomic E-state index is 0.0116. The van der Waals surface area contributed by atoms with E-state index in [2.05, 4.69) is 119 Å². The number of hydrogen-bond donors (Lipinski definition) is 0. The van der Waals surface area contributed by atoms with Gasteiger partial charge in [0, 0.05) is 73.5 Å². The Hall–Kier alpha value is -2.23. The molecule has 4 heterocycles. The maximum atomic E-state index is 5.77. The van der Waals surface area contributed by atoms with Crippen LogP contribution < -0.4 is 14.7 Å². The van der Waals surface area contributed by atoms with Gasteiger partial charge in [-0.25, -0.2) is 0 Å². The van der Waals surface area contributed by atoms with Crippen LogP contribution in [0.15, 0.2) is 25.3 Å². The molecule has 9 nitrogen and oxygen atoms in total. The molecule has 0 unspecified atom stereocenters. The summed E-state index contributed by atoms with van der Waals surface area (Å²) in [6, 6.07) is 0.638. The Morgan fingerprint density at radius 3 is 1.38 bits per heavy atom. The van der Waals surface area contributed by atoms with Crippen molar-refractivity contribution in [3.63, 3.8) is 0 Å². The van der Waals surface area contributed by atoms with E-state index in [1.807, 2.05) is 0 Å². The van der Waals surface area contributed by atoms with Gasteiger partial charge in [0.1, 0.15) is 0 Å². The lowest BCUT2D eigenvalue weighted by atomic mass is 9.76. The van der Waals surface area contributed by atoms with Crippen LogP contribution in [0, 0.1) is 0 Å². The zero-order valence-corrected chi connectivity index (χ0v) is 32.5. The highest BCUT2D eigenvalue weighted by atomic mass is 16.5. The van der Waals surface area contributed by atoms with Crippen LogP contribution in [0.4, 0.5) is 17.8 Å². The number of piperidine rings is 2. The van der Waals surface area contributed by atoms with Gasteiger partial charge in [-0.1, -0.05) is 38.8 Å². The molecule has 272 valence electrons. The fraction of sp³-hybridized carbons (Fsp3) is 0.821. The number of rotatable bonds is 15. The van der Waals surface area contributed by atoms with Gasteiger partial charge in [0.2, 0.25) is 17.8 Å². The molecule has 1 aromatic heterocycles. The number of likely N-dealkylation sites (tertiary alicyclic amines) is 2. The summed E-state index contributed by atoms with van der Waals surface area (Å²) in [6.07, 6.45) is 12.8. The minimum absolute atomic E-state index is 0.0116. The van der Waals surface area contributed by atoms with E-state index in [0.717, 1.165) is 108 Å². The molecule has 9 heteroatoms. The third-order valence-electron chi connectivity index (χ3n) is 11.3. The molecule has 0 N–H and O–H groups in total. The highest BCUT2D eigenvalue weighted by Crippen LogP contribution is 2.43. The van der Waals surface area contributed by atoms with Crippen LogP contribution in [0.3, 0.4) is 0 Å². The second-order valence-electron chi connectivity index (χ2n) is 17.1. The van der Waals surface area contributed by atoms with Gasteiger partial charge in [-0.2, -0.15) is 15.0 Å². The first-order valence-corrected chi connectivity index (χ1v) is 19.0. The molecule has 4 rings (SSSR count). The van der Waals surface area contributed by atoms with Crippen molar-refractivity contribution in [2.24, 2.45) is 0 Å². The molecule has 48 heavy (non-hydrogen) atoms. The van der Waals surface area contributed by atoms with E-state index in [-0.39, 0.29) is 22.2 Å². The van der Waals surface area contributed by atoms with Crippen LogP contribution in [0.5, 0.6) is 0 Å². The van der Waals surface area contributed by atoms with Crippen LogP contribution in [0.1, 0.15) is 121 Å². The first-order chi connectivity index (χ1) is 22.6. The van der Waals surface area contributed by atoms with Gasteiger partial charge in [-0.05, 0) is 93.9 Å². The van der Waals surface area contributed by atoms with Crippen LogP contribution in [-0.4, -0.2) is 111 Å². The Morgan fingerprint density at radius 2 is 1.04 bits per heavy atom. The highest BCUT2D eigenvalue weighted by molar-refractivity contribution is 5.48. The maximum Gasteiger partial charge on any atom is 0.232 e. The van der Waals surface area contributed by atoms with Crippen molar-refractivity contribution < 1.29 is 4.74 Å². The lowest BCUT2D eigenvalue weighted by Crippen LogP contribution is -2.64. The van der Waals surface area contributed by atoms with E-state index in [4.69, 9.17) is 19.7 Å².